The van der Waals surface area contributed by atoms with Crippen LogP contribution in [0, 0.1) is 11.8 Å². The number of esters is 1. The number of amides is 1. The van der Waals surface area contributed by atoms with E-state index in [1.165, 1.54) is 21.0 Å². The molecule has 0 saturated carbocycles. The Hall–Kier alpha value is -1.94. The number of hydrogen-bond donors (Lipinski definition) is 13. The van der Waals surface area contributed by atoms with Gasteiger partial charge >= 0.3 is 5.97 Å². The zero-order chi connectivity index (χ0) is 47.5. The maximum absolute atomic E-state index is 12.4. The largest absolute Gasteiger partial charge is 0.457 e. The molecule has 5 saturated heterocycles. The van der Waals surface area contributed by atoms with Crippen molar-refractivity contribution in [2.45, 2.75) is 182 Å². The molecule has 0 spiro atoms. The predicted molar refractivity (Wildman–Crippen MR) is 205 cm³/mol. The highest BCUT2D eigenvalue weighted by molar-refractivity contribution is 5.79. The maximum atomic E-state index is 12.4. The van der Waals surface area contributed by atoms with Crippen molar-refractivity contribution in [3.05, 3.63) is 0 Å². The summed E-state index contributed by atoms with van der Waals surface area (Å²) in [4.78, 5) is 24.7. The summed E-state index contributed by atoms with van der Waals surface area (Å²) in [5.74, 6) is -2.10. The summed E-state index contributed by atoms with van der Waals surface area (Å²) < 4.78 is 65.0. The van der Waals surface area contributed by atoms with Crippen LogP contribution in [0.2, 0.25) is 0 Å². The van der Waals surface area contributed by atoms with Gasteiger partial charge in [-0.05, 0) is 19.8 Å². The number of nitrogens with two attached hydrogens (primary N) is 1. The fourth-order valence-corrected chi connectivity index (χ4v) is 8.33. The summed E-state index contributed by atoms with van der Waals surface area (Å²) in [5, 5.41) is 120. The quantitative estimate of drug-likeness (QED) is 0.0603. The van der Waals surface area contributed by atoms with E-state index < -0.39 is 186 Å². The highest BCUT2D eigenvalue weighted by atomic mass is 16.8. The van der Waals surface area contributed by atoms with Gasteiger partial charge in [-0.25, -0.2) is 0 Å². The summed E-state index contributed by atoms with van der Waals surface area (Å²) in [7, 11) is 1.21. The molecule has 5 heterocycles. The molecular formula is C38H66N2O24. The normalized spacial score (nSPS) is 48.4. The molecular weight excluding hydrogens is 868 g/mol. The van der Waals surface area contributed by atoms with Crippen LogP contribution in [0.3, 0.4) is 0 Å². The number of methoxy groups -OCH3 is 1. The first-order valence-corrected chi connectivity index (χ1v) is 21.1. The number of nitrogens with one attached hydrogen (secondary N) is 1. The van der Waals surface area contributed by atoms with Gasteiger partial charge in [0.05, 0.1) is 44.6 Å². The molecule has 26 heteroatoms. The Morgan fingerprint density at radius 3 is 1.62 bits per heavy atom. The number of hydrogen-bond acceptors (Lipinski definition) is 25. The highest BCUT2D eigenvalue weighted by Crippen LogP contribution is 2.38. The van der Waals surface area contributed by atoms with Gasteiger partial charge in [-0.3, -0.25) is 14.9 Å². The van der Waals surface area contributed by atoms with E-state index in [0.29, 0.717) is 0 Å². The summed E-state index contributed by atoms with van der Waals surface area (Å²) in [5.41, 5.74) is 5.59. The zero-order valence-corrected chi connectivity index (χ0v) is 36.1. The second-order valence-electron chi connectivity index (χ2n) is 16.8. The average Bonchev–Trinajstić information content (AvgIpc) is 3.26. The number of carbonyl (C=O) groups excluding carboxylic acids is 2. The van der Waals surface area contributed by atoms with E-state index >= 15 is 0 Å². The third-order valence-electron chi connectivity index (χ3n) is 12.6. The molecule has 26 nitrogen and oxygen atoms in total. The number of ether oxygens (including phenoxy) is 11. The van der Waals surface area contributed by atoms with E-state index in [9.17, 15) is 65.8 Å². The van der Waals surface area contributed by atoms with Crippen molar-refractivity contribution in [2.24, 2.45) is 17.6 Å². The second-order valence-corrected chi connectivity index (χ2v) is 16.8. The molecule has 5 aliphatic rings. The Bertz CT molecular complexity index is 1490. The van der Waals surface area contributed by atoms with Gasteiger partial charge in [-0.1, -0.05) is 13.8 Å². The SMILES string of the molecule is CO[C@@H]1OC(CO)[C@H](O[C@H]2OC(CO)[C@@H](O)[C@H](O)C2O)[C@H](O[C@@H]2OC(CO[C@H]3OC(CO)[C@@H](O)[C@H](O)C3O)[C@@H](O)[C@H](O[C@@H]3OC(C)[C@H](C)[C@H](C)C3OC(C)=O)C2O)C1NC(C)C(N)=O. The predicted octanol–water partition coefficient (Wildman–Crippen LogP) is -7.65. The van der Waals surface area contributed by atoms with Gasteiger partial charge in [-0.2, -0.15) is 0 Å². The number of rotatable bonds is 17. The van der Waals surface area contributed by atoms with Gasteiger partial charge in [0.25, 0.3) is 0 Å². The number of carbonyl (C=O) groups is 2. The molecule has 1 amide bonds. The minimum atomic E-state index is -2.02. The smallest absolute Gasteiger partial charge is 0.303 e. The molecule has 26 atom stereocenters. The molecule has 0 aromatic carbocycles. The lowest BCUT2D eigenvalue weighted by Crippen LogP contribution is -2.71. The lowest BCUT2D eigenvalue weighted by atomic mass is 9.84. The molecule has 0 radical (unpaired) electrons. The van der Waals surface area contributed by atoms with Gasteiger partial charge in [-0.15, -0.1) is 0 Å². The van der Waals surface area contributed by atoms with E-state index in [0.717, 1.165) is 0 Å². The van der Waals surface area contributed by atoms with Gasteiger partial charge in [0.1, 0.15) is 91.6 Å². The van der Waals surface area contributed by atoms with Crippen LogP contribution in [0.5, 0.6) is 0 Å². The first kappa shape index (κ1) is 53.0. The molecule has 14 N–H and O–H groups in total. The highest BCUT2D eigenvalue weighted by Gasteiger charge is 2.57. The topological polar surface area (TPSA) is 396 Å². The monoisotopic (exact) mass is 934 g/mol. The van der Waals surface area contributed by atoms with E-state index in [-0.39, 0.29) is 11.8 Å². The number of aliphatic hydroxyl groups excluding tert-OH is 11. The molecule has 11 unspecified atom stereocenters. The van der Waals surface area contributed by atoms with E-state index in [4.69, 9.17) is 57.8 Å². The van der Waals surface area contributed by atoms with Crippen LogP contribution >= 0.6 is 0 Å². The Morgan fingerprint density at radius 1 is 0.578 bits per heavy atom. The van der Waals surface area contributed by atoms with Crippen molar-refractivity contribution in [3.63, 3.8) is 0 Å². The van der Waals surface area contributed by atoms with Crippen LogP contribution < -0.4 is 11.1 Å². The van der Waals surface area contributed by atoms with Crippen LogP contribution in [0.1, 0.15) is 34.6 Å². The molecule has 0 aromatic rings. The molecule has 0 aromatic heterocycles. The van der Waals surface area contributed by atoms with Gasteiger partial charge in [0, 0.05) is 20.0 Å². The second kappa shape index (κ2) is 22.9. The molecule has 5 aliphatic heterocycles. The van der Waals surface area contributed by atoms with Crippen molar-refractivity contribution in [1.29, 1.82) is 0 Å². The Labute approximate surface area is 367 Å². The van der Waals surface area contributed by atoms with Gasteiger partial charge in [0.15, 0.2) is 37.6 Å². The van der Waals surface area contributed by atoms with Crippen molar-refractivity contribution < 1.29 is 118 Å². The fraction of sp³-hybridized carbons (Fsp3) is 0.947. The lowest BCUT2D eigenvalue weighted by molar-refractivity contribution is -0.387. The van der Waals surface area contributed by atoms with Crippen LogP contribution in [0.25, 0.3) is 0 Å². The molecule has 64 heavy (non-hydrogen) atoms. The summed E-state index contributed by atoms with van der Waals surface area (Å²) in [6, 6.07) is -2.53. The van der Waals surface area contributed by atoms with E-state index in [1.807, 2.05) is 6.92 Å². The van der Waals surface area contributed by atoms with Crippen LogP contribution in [-0.2, 0) is 61.7 Å². The molecule has 5 rings (SSSR count). The summed E-state index contributed by atoms with van der Waals surface area (Å²) in [6.07, 6.45) is -36.0. The molecule has 5 fully saturated rings. The van der Waals surface area contributed by atoms with Gasteiger partial charge < -0.3 is 114 Å². The first-order chi connectivity index (χ1) is 30.2. The van der Waals surface area contributed by atoms with Crippen molar-refractivity contribution in [3.8, 4) is 0 Å². The van der Waals surface area contributed by atoms with Crippen LogP contribution in [0.15, 0.2) is 0 Å². The maximum Gasteiger partial charge on any atom is 0.303 e. The molecule has 372 valence electrons. The Balaban J connectivity index is 1.54. The fourth-order valence-electron chi connectivity index (χ4n) is 8.33. The van der Waals surface area contributed by atoms with E-state index in [1.54, 1.807) is 13.8 Å². The third-order valence-corrected chi connectivity index (χ3v) is 12.6. The lowest BCUT2D eigenvalue weighted by Gasteiger charge is -2.51. The van der Waals surface area contributed by atoms with E-state index in [2.05, 4.69) is 5.32 Å². The Kier molecular flexibility index (Phi) is 19.0. The molecule has 0 aliphatic carbocycles. The average molecular weight is 935 g/mol. The Morgan fingerprint density at radius 2 is 1.08 bits per heavy atom. The van der Waals surface area contributed by atoms with Crippen molar-refractivity contribution in [2.75, 3.05) is 33.5 Å². The van der Waals surface area contributed by atoms with Gasteiger partial charge in [0.2, 0.25) is 5.91 Å². The van der Waals surface area contributed by atoms with Crippen LogP contribution in [-0.4, -0.2) is 249 Å². The number of primary amides is 1. The van der Waals surface area contributed by atoms with Crippen molar-refractivity contribution in [1.82, 2.24) is 5.32 Å². The molecule has 0 bridgehead atoms. The third kappa shape index (κ3) is 11.5. The summed E-state index contributed by atoms with van der Waals surface area (Å²) in [6.45, 7) is 4.74. The van der Waals surface area contributed by atoms with Crippen LogP contribution in [0.4, 0.5) is 0 Å². The summed E-state index contributed by atoms with van der Waals surface area (Å²) >= 11 is 0. The minimum Gasteiger partial charge on any atom is -0.457 e. The first-order valence-electron chi connectivity index (χ1n) is 21.1. The zero-order valence-electron chi connectivity index (χ0n) is 36.1. The number of aliphatic hydroxyl groups is 11. The van der Waals surface area contributed by atoms with Crippen molar-refractivity contribution >= 4 is 11.9 Å². The standard InChI is InChI=1S/C38H66N2O24/c1-11-12(2)29(57-15(5)44)38(56-14(11)4)64-32-23(47)19(10-55-35-26(50)24(48)21(45)16(7-41)58-35)61-37(28(32)52)63-31-20(40-13(3)33(39)53)34(54-6)60-18(9-43)30(31)62-36-27(51)25(49)22(46)17(8-42)59-36/h11-14,16-32,34-38,40-43,45-52H,7-10H2,1-6H3,(H2,39,53)/t11-,12+,13?,14?,16?,17?,18?,19?,20?,21-,22-,23-,24+,25+,26?,27?,28?,29?,30+,31-,32+,34-,35+,36-,37+,38+/m1/s1. The minimum absolute atomic E-state index is 0.168.